The second-order valence-corrected chi connectivity index (χ2v) is 6.05. The normalized spacial score (nSPS) is 13.9. The Balaban J connectivity index is 3.47. The lowest BCUT2D eigenvalue weighted by Crippen LogP contribution is -2.18. The van der Waals surface area contributed by atoms with Crippen molar-refractivity contribution in [1.29, 1.82) is 0 Å². The quantitative estimate of drug-likeness (QED) is 0.866. The summed E-state index contributed by atoms with van der Waals surface area (Å²) in [4.78, 5) is 0.151. The summed E-state index contributed by atoms with van der Waals surface area (Å²) >= 11 is 3.23. The first-order chi connectivity index (χ1) is 6.88. The van der Waals surface area contributed by atoms with Crippen molar-refractivity contribution in [2.75, 3.05) is 12.9 Å². The molecule has 0 amide bonds. The predicted octanol–water partition coefficient (Wildman–Crippen LogP) is 0.845. The molecule has 0 aliphatic carbocycles. The van der Waals surface area contributed by atoms with Gasteiger partial charge in [0.2, 0.25) is 0 Å². The zero-order valence-corrected chi connectivity index (χ0v) is 10.5. The maximum Gasteiger partial charge on any atom is 0.175 e. The number of aliphatic hydroxyl groups is 1. The molecule has 84 valence electrons. The summed E-state index contributed by atoms with van der Waals surface area (Å²) in [5, 5.41) is 8.96. The zero-order valence-electron chi connectivity index (χ0n) is 8.14. The first-order valence-corrected chi connectivity index (χ1v) is 6.91. The summed E-state index contributed by atoms with van der Waals surface area (Å²) < 4.78 is 23.5. The molecule has 3 N–H and O–H groups in total. The van der Waals surface area contributed by atoms with Crippen molar-refractivity contribution in [2.45, 2.75) is 10.9 Å². The highest BCUT2D eigenvalue weighted by Crippen LogP contribution is 2.28. The second kappa shape index (κ2) is 4.61. The van der Waals surface area contributed by atoms with Gasteiger partial charge in [0.05, 0.1) is 17.5 Å². The zero-order chi connectivity index (χ0) is 11.6. The van der Waals surface area contributed by atoms with Gasteiger partial charge in [0.15, 0.2) is 9.84 Å². The molecule has 0 aromatic heterocycles. The van der Waals surface area contributed by atoms with E-state index in [1.54, 1.807) is 12.1 Å². The van der Waals surface area contributed by atoms with Crippen LogP contribution in [0.4, 0.5) is 0 Å². The van der Waals surface area contributed by atoms with Crippen molar-refractivity contribution < 1.29 is 13.5 Å². The largest absolute Gasteiger partial charge is 0.394 e. The maximum absolute atomic E-state index is 11.5. The Morgan fingerprint density at radius 2 is 2.13 bits per heavy atom. The number of benzene rings is 1. The second-order valence-electron chi connectivity index (χ2n) is 3.21. The Kier molecular flexibility index (Phi) is 3.88. The first-order valence-electron chi connectivity index (χ1n) is 4.23. The summed E-state index contributed by atoms with van der Waals surface area (Å²) in [6.07, 6.45) is 1.11. The van der Waals surface area contributed by atoms with Gasteiger partial charge in [0.1, 0.15) is 0 Å². The topological polar surface area (TPSA) is 80.4 Å². The molecule has 0 radical (unpaired) electrons. The van der Waals surface area contributed by atoms with E-state index in [-0.39, 0.29) is 11.5 Å². The number of aliphatic hydroxyl groups excluding tert-OH is 1. The van der Waals surface area contributed by atoms with Crippen LogP contribution in [0.1, 0.15) is 11.6 Å². The van der Waals surface area contributed by atoms with Gasteiger partial charge >= 0.3 is 0 Å². The fourth-order valence-corrected chi connectivity index (χ4v) is 3.07. The van der Waals surface area contributed by atoms with E-state index in [0.29, 0.717) is 10.0 Å². The molecule has 0 fully saturated rings. The standard InChI is InChI=1S/C9H12BrNO3S/c1-15(13,14)8-4-2-3-6(10)9(8)7(11)5-12/h2-4,7,12H,5,11H2,1H3. The number of nitrogens with two attached hydrogens (primary N) is 1. The molecule has 0 saturated heterocycles. The number of halogens is 1. The molecule has 0 saturated carbocycles. The van der Waals surface area contributed by atoms with Gasteiger partial charge in [-0.1, -0.05) is 22.0 Å². The van der Waals surface area contributed by atoms with Crippen molar-refractivity contribution in [3.8, 4) is 0 Å². The lowest BCUT2D eigenvalue weighted by atomic mass is 10.1. The Labute approximate surface area is 97.2 Å². The Bertz CT molecular complexity index is 458. The third-order valence-electron chi connectivity index (χ3n) is 1.98. The van der Waals surface area contributed by atoms with Crippen molar-refractivity contribution >= 4 is 25.8 Å². The smallest absolute Gasteiger partial charge is 0.175 e. The molecule has 4 nitrogen and oxygen atoms in total. The Morgan fingerprint density at radius 1 is 1.53 bits per heavy atom. The SMILES string of the molecule is CS(=O)(=O)c1cccc(Br)c1C(N)CO. The highest BCUT2D eigenvalue weighted by Gasteiger charge is 2.19. The number of rotatable bonds is 3. The van der Waals surface area contributed by atoms with Crippen LogP contribution >= 0.6 is 15.9 Å². The molecule has 1 aromatic carbocycles. The molecule has 15 heavy (non-hydrogen) atoms. The van der Waals surface area contributed by atoms with Crippen LogP contribution in [-0.2, 0) is 9.84 Å². The monoisotopic (exact) mass is 293 g/mol. The molecule has 6 heteroatoms. The average Bonchev–Trinajstić information content (AvgIpc) is 2.15. The fraction of sp³-hybridized carbons (Fsp3) is 0.333. The van der Waals surface area contributed by atoms with Gasteiger partial charge in [-0.25, -0.2) is 8.42 Å². The van der Waals surface area contributed by atoms with E-state index in [0.717, 1.165) is 6.26 Å². The summed E-state index contributed by atoms with van der Waals surface area (Å²) in [5.74, 6) is 0. The molecule has 0 bridgehead atoms. The van der Waals surface area contributed by atoms with Crippen molar-refractivity contribution in [2.24, 2.45) is 5.73 Å². The lowest BCUT2D eigenvalue weighted by molar-refractivity contribution is 0.266. The van der Waals surface area contributed by atoms with Crippen LogP contribution in [0.15, 0.2) is 27.6 Å². The van der Waals surface area contributed by atoms with E-state index in [1.807, 2.05) is 0 Å². The Morgan fingerprint density at radius 3 is 2.60 bits per heavy atom. The van der Waals surface area contributed by atoms with E-state index >= 15 is 0 Å². The minimum Gasteiger partial charge on any atom is -0.394 e. The lowest BCUT2D eigenvalue weighted by Gasteiger charge is -2.15. The van der Waals surface area contributed by atoms with E-state index in [1.165, 1.54) is 6.07 Å². The van der Waals surface area contributed by atoms with Crippen molar-refractivity contribution in [3.05, 3.63) is 28.2 Å². The summed E-state index contributed by atoms with van der Waals surface area (Å²) in [5.41, 5.74) is 6.07. The van der Waals surface area contributed by atoms with Crippen LogP contribution in [0, 0.1) is 0 Å². The molecule has 0 heterocycles. The third kappa shape index (κ3) is 2.78. The van der Waals surface area contributed by atoms with Crippen LogP contribution in [0.3, 0.4) is 0 Å². The molecule has 1 unspecified atom stereocenters. The van der Waals surface area contributed by atoms with Crippen LogP contribution < -0.4 is 5.73 Å². The minimum absolute atomic E-state index is 0.151. The molecule has 0 aliphatic rings. The van der Waals surface area contributed by atoms with Gasteiger partial charge in [-0.3, -0.25) is 0 Å². The molecule has 1 atom stereocenters. The molecular weight excluding hydrogens is 282 g/mol. The van der Waals surface area contributed by atoms with Gasteiger partial charge in [-0.15, -0.1) is 0 Å². The van der Waals surface area contributed by atoms with Gasteiger partial charge in [0.25, 0.3) is 0 Å². The van der Waals surface area contributed by atoms with Crippen LogP contribution in [0.25, 0.3) is 0 Å². The summed E-state index contributed by atoms with van der Waals surface area (Å²) in [6.45, 7) is -0.300. The highest BCUT2D eigenvalue weighted by atomic mass is 79.9. The first kappa shape index (κ1) is 12.6. The van der Waals surface area contributed by atoms with Gasteiger partial charge in [-0.05, 0) is 12.1 Å². The maximum atomic E-state index is 11.5. The average molecular weight is 294 g/mol. The van der Waals surface area contributed by atoms with Crippen LogP contribution in [-0.4, -0.2) is 26.4 Å². The number of hydrogen-bond donors (Lipinski definition) is 2. The van der Waals surface area contributed by atoms with Crippen LogP contribution in [0.5, 0.6) is 0 Å². The predicted molar refractivity (Wildman–Crippen MR) is 61.3 cm³/mol. The Hall–Kier alpha value is -0.430. The fourth-order valence-electron chi connectivity index (χ4n) is 1.29. The van der Waals surface area contributed by atoms with E-state index in [2.05, 4.69) is 15.9 Å². The van der Waals surface area contributed by atoms with Crippen molar-refractivity contribution in [1.82, 2.24) is 0 Å². The van der Waals surface area contributed by atoms with E-state index in [4.69, 9.17) is 10.8 Å². The molecular formula is C9H12BrNO3S. The molecule has 0 spiro atoms. The van der Waals surface area contributed by atoms with Crippen molar-refractivity contribution in [3.63, 3.8) is 0 Å². The molecule has 1 rings (SSSR count). The van der Waals surface area contributed by atoms with Gasteiger partial charge in [-0.2, -0.15) is 0 Å². The van der Waals surface area contributed by atoms with E-state index in [9.17, 15) is 8.42 Å². The van der Waals surface area contributed by atoms with E-state index < -0.39 is 15.9 Å². The summed E-state index contributed by atoms with van der Waals surface area (Å²) in [6, 6.07) is 4.09. The molecule has 0 aliphatic heterocycles. The number of sulfone groups is 1. The number of hydrogen-bond acceptors (Lipinski definition) is 4. The van der Waals surface area contributed by atoms with Gasteiger partial charge < -0.3 is 10.8 Å². The van der Waals surface area contributed by atoms with Crippen LogP contribution in [0.2, 0.25) is 0 Å². The highest BCUT2D eigenvalue weighted by molar-refractivity contribution is 9.10. The minimum atomic E-state index is -3.33. The third-order valence-corrected chi connectivity index (χ3v) is 3.83. The summed E-state index contributed by atoms with van der Waals surface area (Å²) in [7, 11) is -3.33. The molecule has 1 aromatic rings. The van der Waals surface area contributed by atoms with Gasteiger partial charge in [0, 0.05) is 16.3 Å².